The molecule has 2 aliphatic heterocycles. The predicted molar refractivity (Wildman–Crippen MR) is 111 cm³/mol. The number of rotatable bonds is 1. The number of carbonyl (C=O) groups excluding carboxylic acids is 1. The van der Waals surface area contributed by atoms with Crippen LogP contribution in [0.25, 0.3) is 0 Å². The maximum absolute atomic E-state index is 13.5. The van der Waals surface area contributed by atoms with Crippen LogP contribution in [0, 0.1) is 0 Å². The molecule has 0 aromatic heterocycles. The second kappa shape index (κ2) is 6.87. The van der Waals surface area contributed by atoms with E-state index in [2.05, 4.69) is 21.2 Å². The maximum atomic E-state index is 13.5. The summed E-state index contributed by atoms with van der Waals surface area (Å²) in [5.41, 5.74) is 3.71. The number of anilines is 3. The van der Waals surface area contributed by atoms with Gasteiger partial charge in [0.15, 0.2) is 11.5 Å². The van der Waals surface area contributed by atoms with Crippen LogP contribution in [-0.4, -0.2) is 18.6 Å². The smallest absolute Gasteiger partial charge is 0.272 e. The molecule has 5 rings (SSSR count). The van der Waals surface area contributed by atoms with E-state index >= 15 is 0 Å². The number of nitrogens with one attached hydrogen (secondary N) is 1. The van der Waals surface area contributed by atoms with E-state index < -0.39 is 6.10 Å². The molecular weight excluding hydrogens is 420 g/mol. The van der Waals surface area contributed by atoms with Crippen molar-refractivity contribution in [2.75, 3.05) is 16.8 Å². The van der Waals surface area contributed by atoms with Gasteiger partial charge in [-0.05, 0) is 42.0 Å². The van der Waals surface area contributed by atoms with Gasteiger partial charge in [0.05, 0.1) is 17.9 Å². The van der Waals surface area contributed by atoms with Crippen LogP contribution in [0.4, 0.5) is 17.1 Å². The highest BCUT2D eigenvalue weighted by atomic mass is 79.9. The topological polar surface area (TPSA) is 50.8 Å². The fourth-order valence-corrected chi connectivity index (χ4v) is 3.88. The van der Waals surface area contributed by atoms with E-state index in [1.807, 2.05) is 66.7 Å². The van der Waals surface area contributed by atoms with Gasteiger partial charge in [0.2, 0.25) is 6.10 Å². The highest BCUT2D eigenvalue weighted by Crippen LogP contribution is 2.39. The normalized spacial score (nSPS) is 17.0. The van der Waals surface area contributed by atoms with Crippen LogP contribution >= 0.6 is 15.9 Å². The zero-order valence-electron chi connectivity index (χ0n) is 14.9. The van der Waals surface area contributed by atoms with E-state index in [1.54, 1.807) is 4.90 Å². The van der Waals surface area contributed by atoms with Gasteiger partial charge in [-0.1, -0.05) is 46.3 Å². The van der Waals surface area contributed by atoms with Crippen LogP contribution in [0.2, 0.25) is 0 Å². The summed E-state index contributed by atoms with van der Waals surface area (Å²) in [5, 5.41) is 3.45. The fourth-order valence-electron chi connectivity index (χ4n) is 3.53. The molecule has 0 fully saturated rings. The quantitative estimate of drug-likeness (QED) is 0.590. The highest BCUT2D eigenvalue weighted by Gasteiger charge is 2.34. The van der Waals surface area contributed by atoms with E-state index in [-0.39, 0.29) is 12.5 Å². The van der Waals surface area contributed by atoms with Crippen molar-refractivity contribution < 1.29 is 14.3 Å². The molecule has 1 atom stereocenters. The molecule has 140 valence electrons. The molecule has 1 amide bonds. The molecule has 1 N–H and O–H groups in total. The summed E-state index contributed by atoms with van der Waals surface area (Å²) in [6.45, 7) is 0.637. The average molecular weight is 437 g/mol. The number of amides is 1. The summed E-state index contributed by atoms with van der Waals surface area (Å²) < 4.78 is 12.6. The van der Waals surface area contributed by atoms with Crippen LogP contribution in [0.1, 0.15) is 5.56 Å². The third-order valence-electron chi connectivity index (χ3n) is 4.92. The number of hydrogen-bond acceptors (Lipinski definition) is 4. The lowest BCUT2D eigenvalue weighted by atomic mass is 10.1. The molecule has 6 heteroatoms. The van der Waals surface area contributed by atoms with E-state index in [0.29, 0.717) is 18.0 Å². The van der Waals surface area contributed by atoms with Gasteiger partial charge in [-0.25, -0.2) is 0 Å². The third-order valence-corrected chi connectivity index (χ3v) is 5.41. The summed E-state index contributed by atoms with van der Waals surface area (Å²) in [6.07, 6.45) is -0.702. The SMILES string of the molecule is O=C([C@H]1COc2ccccc2O1)N1Cc2ccccc2Nc2ccc(Br)cc21. The standard InChI is InChI=1S/C22H17BrN2O3/c23-15-9-10-17-18(11-15)25(12-14-5-1-2-6-16(14)24-17)22(26)21-13-27-19-7-3-4-8-20(19)28-21/h1-11,21,24H,12-13H2/t21-/m1/s1. The van der Waals surface area contributed by atoms with Crippen molar-refractivity contribution in [3.63, 3.8) is 0 Å². The van der Waals surface area contributed by atoms with Gasteiger partial charge < -0.3 is 19.7 Å². The molecule has 2 aliphatic rings. The van der Waals surface area contributed by atoms with Gasteiger partial charge in [0.1, 0.15) is 6.61 Å². The van der Waals surface area contributed by atoms with Crippen molar-refractivity contribution in [3.8, 4) is 11.5 Å². The minimum atomic E-state index is -0.702. The van der Waals surface area contributed by atoms with Gasteiger partial charge >= 0.3 is 0 Å². The number of hydrogen-bond donors (Lipinski definition) is 1. The van der Waals surface area contributed by atoms with Gasteiger partial charge in [0.25, 0.3) is 5.91 Å². The Labute approximate surface area is 171 Å². The molecule has 3 aromatic carbocycles. The number of benzene rings is 3. The van der Waals surface area contributed by atoms with E-state index in [0.717, 1.165) is 27.1 Å². The Kier molecular flexibility index (Phi) is 4.20. The maximum Gasteiger partial charge on any atom is 0.272 e. The third kappa shape index (κ3) is 2.99. The Morgan fingerprint density at radius 2 is 1.79 bits per heavy atom. The second-order valence-corrected chi connectivity index (χ2v) is 7.65. The Balaban J connectivity index is 1.53. The zero-order valence-corrected chi connectivity index (χ0v) is 16.5. The zero-order chi connectivity index (χ0) is 19.1. The first kappa shape index (κ1) is 17.1. The predicted octanol–water partition coefficient (Wildman–Crippen LogP) is 4.88. The Hall–Kier alpha value is -2.99. The van der Waals surface area contributed by atoms with Crippen LogP contribution in [0.15, 0.2) is 71.2 Å². The second-order valence-electron chi connectivity index (χ2n) is 6.73. The van der Waals surface area contributed by atoms with Crippen molar-refractivity contribution in [1.82, 2.24) is 0 Å². The molecule has 2 heterocycles. The van der Waals surface area contributed by atoms with Gasteiger partial charge in [0, 0.05) is 10.2 Å². The Bertz CT molecular complexity index is 1070. The summed E-state index contributed by atoms with van der Waals surface area (Å²) in [6, 6.07) is 21.3. The van der Waals surface area contributed by atoms with Crippen LogP contribution in [0.3, 0.4) is 0 Å². The first-order valence-electron chi connectivity index (χ1n) is 9.03. The van der Waals surface area contributed by atoms with Crippen molar-refractivity contribution in [1.29, 1.82) is 0 Å². The molecule has 0 saturated heterocycles. The van der Waals surface area contributed by atoms with E-state index in [1.165, 1.54) is 0 Å². The first-order chi connectivity index (χ1) is 13.7. The Morgan fingerprint density at radius 3 is 2.68 bits per heavy atom. The Morgan fingerprint density at radius 1 is 1.00 bits per heavy atom. The van der Waals surface area contributed by atoms with Crippen molar-refractivity contribution in [2.45, 2.75) is 12.6 Å². The minimum Gasteiger partial charge on any atom is -0.485 e. The van der Waals surface area contributed by atoms with Crippen LogP contribution in [-0.2, 0) is 11.3 Å². The number of para-hydroxylation sites is 3. The molecule has 0 aliphatic carbocycles. The molecular formula is C22H17BrN2O3. The van der Waals surface area contributed by atoms with Gasteiger partial charge in [-0.15, -0.1) is 0 Å². The first-order valence-corrected chi connectivity index (χ1v) is 9.83. The number of fused-ring (bicyclic) bond motifs is 3. The molecule has 5 nitrogen and oxygen atoms in total. The van der Waals surface area contributed by atoms with Crippen molar-refractivity contribution >= 4 is 38.9 Å². The molecule has 0 radical (unpaired) electrons. The number of ether oxygens (including phenoxy) is 2. The van der Waals surface area contributed by atoms with Crippen LogP contribution in [0.5, 0.6) is 11.5 Å². The van der Waals surface area contributed by atoms with E-state index in [4.69, 9.17) is 9.47 Å². The minimum absolute atomic E-state index is 0.132. The van der Waals surface area contributed by atoms with Gasteiger partial charge in [-0.2, -0.15) is 0 Å². The summed E-state index contributed by atoms with van der Waals surface area (Å²) in [7, 11) is 0. The number of nitrogens with zero attached hydrogens (tertiary/aromatic N) is 1. The van der Waals surface area contributed by atoms with Crippen molar-refractivity contribution in [3.05, 3.63) is 76.8 Å². The molecule has 0 saturated carbocycles. The summed E-state index contributed by atoms with van der Waals surface area (Å²) in [5.74, 6) is 1.12. The fraction of sp³-hybridized carbons (Fsp3) is 0.136. The monoisotopic (exact) mass is 436 g/mol. The molecule has 0 spiro atoms. The lowest BCUT2D eigenvalue weighted by Crippen LogP contribution is -2.46. The number of halogens is 1. The number of carbonyl (C=O) groups is 1. The summed E-state index contributed by atoms with van der Waals surface area (Å²) >= 11 is 3.52. The molecule has 0 unspecified atom stereocenters. The van der Waals surface area contributed by atoms with Gasteiger partial charge in [-0.3, -0.25) is 4.79 Å². The molecule has 3 aromatic rings. The average Bonchev–Trinajstić information content (AvgIpc) is 2.89. The lowest BCUT2D eigenvalue weighted by molar-refractivity contribution is -0.127. The molecule has 28 heavy (non-hydrogen) atoms. The molecule has 0 bridgehead atoms. The lowest BCUT2D eigenvalue weighted by Gasteiger charge is -2.31. The van der Waals surface area contributed by atoms with Crippen LogP contribution < -0.4 is 19.7 Å². The summed E-state index contributed by atoms with van der Waals surface area (Å²) in [4.78, 5) is 15.2. The largest absolute Gasteiger partial charge is 0.485 e. The van der Waals surface area contributed by atoms with Crippen molar-refractivity contribution in [2.24, 2.45) is 0 Å². The van der Waals surface area contributed by atoms with E-state index in [9.17, 15) is 4.79 Å². The highest BCUT2D eigenvalue weighted by molar-refractivity contribution is 9.10.